The molecule has 4 saturated carbocycles. The number of ketones is 1. The Bertz CT molecular complexity index is 582. The van der Waals surface area contributed by atoms with Gasteiger partial charge in [-0.1, -0.05) is 25.5 Å². The molecule has 0 radical (unpaired) electrons. The molecule has 0 aromatic carbocycles. The van der Waals surface area contributed by atoms with Gasteiger partial charge in [0, 0.05) is 12.3 Å². The maximum atomic E-state index is 13.4. The molecule has 3 heteroatoms. The third-order valence-electron chi connectivity index (χ3n) is 8.75. The molecule has 0 saturated heterocycles. The summed E-state index contributed by atoms with van der Waals surface area (Å²) >= 11 is 0. The lowest BCUT2D eigenvalue weighted by Crippen LogP contribution is -2.58. The predicted molar refractivity (Wildman–Crippen MR) is 97.9 cm³/mol. The lowest BCUT2D eigenvalue weighted by atomic mass is 9.42. The van der Waals surface area contributed by atoms with E-state index in [1.54, 1.807) is 0 Å². The second-order valence-corrected chi connectivity index (χ2v) is 9.82. The van der Waals surface area contributed by atoms with Crippen molar-refractivity contribution in [1.29, 1.82) is 0 Å². The number of carbonyl (C=O) groups is 1. The van der Waals surface area contributed by atoms with E-state index < -0.39 is 0 Å². The van der Waals surface area contributed by atoms with Crippen molar-refractivity contribution in [3.8, 4) is 0 Å². The number of fused-ring (bicyclic) bond motifs is 5. The fraction of sp³-hybridized carbons (Fsp3) is 0.864. The number of hydrogen-bond acceptors (Lipinski definition) is 3. The van der Waals surface area contributed by atoms with Crippen molar-refractivity contribution < 1.29 is 15.0 Å². The summed E-state index contributed by atoms with van der Waals surface area (Å²) in [5.74, 6) is 2.28. The van der Waals surface area contributed by atoms with Crippen molar-refractivity contribution in [1.82, 2.24) is 0 Å². The number of hydrogen-bond donors (Lipinski definition) is 2. The third-order valence-corrected chi connectivity index (χ3v) is 8.75. The van der Waals surface area contributed by atoms with E-state index in [0.29, 0.717) is 30.0 Å². The van der Waals surface area contributed by atoms with Crippen LogP contribution in [0.25, 0.3) is 0 Å². The first kappa shape index (κ1) is 17.7. The van der Waals surface area contributed by atoms with Crippen LogP contribution in [0, 0.1) is 34.5 Å². The predicted octanol–water partition coefficient (Wildman–Crippen LogP) is 3.88. The van der Waals surface area contributed by atoms with E-state index in [1.807, 2.05) is 6.08 Å². The van der Waals surface area contributed by atoms with Crippen molar-refractivity contribution in [2.24, 2.45) is 34.5 Å². The minimum absolute atomic E-state index is 0.0311. The Morgan fingerprint density at radius 3 is 2.76 bits per heavy atom. The van der Waals surface area contributed by atoms with Crippen molar-refractivity contribution in [3.05, 3.63) is 11.6 Å². The quantitative estimate of drug-likeness (QED) is 0.709. The SMILES string of the molecule is CC12CC(=O)C3C(CCC4CC(O)CCC43C)C1CCCC2=CCO. The topological polar surface area (TPSA) is 57.5 Å². The van der Waals surface area contributed by atoms with Crippen LogP contribution in [-0.2, 0) is 4.79 Å². The van der Waals surface area contributed by atoms with E-state index in [0.717, 1.165) is 32.1 Å². The molecule has 0 amide bonds. The van der Waals surface area contributed by atoms with Crippen LogP contribution >= 0.6 is 0 Å². The van der Waals surface area contributed by atoms with Gasteiger partial charge in [0.1, 0.15) is 5.78 Å². The van der Waals surface area contributed by atoms with Gasteiger partial charge in [0.2, 0.25) is 0 Å². The van der Waals surface area contributed by atoms with Crippen LogP contribution < -0.4 is 0 Å². The molecule has 4 rings (SSSR count). The second-order valence-electron chi connectivity index (χ2n) is 9.82. The first-order valence-corrected chi connectivity index (χ1v) is 10.4. The standard InChI is InChI=1S/C22H34O3/c1-21-10-8-16(24)12-15(21)6-7-17-18-5-3-4-14(9-11-23)22(18,2)13-19(25)20(17)21/h9,15-18,20,23-24H,3-8,10-13H2,1-2H3. The summed E-state index contributed by atoms with van der Waals surface area (Å²) in [5, 5.41) is 19.6. The summed E-state index contributed by atoms with van der Waals surface area (Å²) in [5.41, 5.74) is 1.40. The molecule has 0 heterocycles. The zero-order valence-corrected chi connectivity index (χ0v) is 15.8. The number of allylic oxidation sites excluding steroid dienone is 1. The van der Waals surface area contributed by atoms with Gasteiger partial charge >= 0.3 is 0 Å². The van der Waals surface area contributed by atoms with Gasteiger partial charge in [0.05, 0.1) is 12.7 Å². The van der Waals surface area contributed by atoms with E-state index in [4.69, 9.17) is 0 Å². The smallest absolute Gasteiger partial charge is 0.137 e. The molecule has 0 aromatic heterocycles. The van der Waals surface area contributed by atoms with Crippen molar-refractivity contribution in [3.63, 3.8) is 0 Å². The van der Waals surface area contributed by atoms with E-state index in [1.165, 1.54) is 24.8 Å². The maximum Gasteiger partial charge on any atom is 0.137 e. The van der Waals surface area contributed by atoms with Gasteiger partial charge in [0.25, 0.3) is 0 Å². The first-order valence-electron chi connectivity index (χ1n) is 10.4. The highest BCUT2D eigenvalue weighted by molar-refractivity contribution is 5.84. The fourth-order valence-electron chi connectivity index (χ4n) is 7.55. The molecule has 7 atom stereocenters. The van der Waals surface area contributed by atoms with Crippen molar-refractivity contribution in [2.45, 2.75) is 77.7 Å². The maximum absolute atomic E-state index is 13.4. The Kier molecular flexibility index (Phi) is 4.39. The molecular weight excluding hydrogens is 312 g/mol. The number of rotatable bonds is 1. The molecule has 25 heavy (non-hydrogen) atoms. The van der Waals surface area contributed by atoms with Gasteiger partial charge in [-0.3, -0.25) is 4.79 Å². The minimum atomic E-state index is -0.160. The first-order chi connectivity index (χ1) is 11.9. The lowest BCUT2D eigenvalue weighted by Gasteiger charge is -2.61. The van der Waals surface area contributed by atoms with Crippen molar-refractivity contribution in [2.75, 3.05) is 6.61 Å². The number of aliphatic hydroxyl groups excluding tert-OH is 2. The Labute approximate surface area is 151 Å². The van der Waals surface area contributed by atoms with Crippen LogP contribution in [0.15, 0.2) is 11.6 Å². The molecule has 140 valence electrons. The Hall–Kier alpha value is -0.670. The molecule has 0 aromatic rings. The number of Topliss-reactive ketones (excluding diaryl/α,β-unsaturated/α-hetero) is 1. The minimum Gasteiger partial charge on any atom is -0.393 e. The van der Waals surface area contributed by atoms with Gasteiger partial charge in [0.15, 0.2) is 0 Å². The molecule has 7 unspecified atom stereocenters. The summed E-state index contributed by atoms with van der Waals surface area (Å²) in [6.45, 7) is 4.75. The van der Waals surface area contributed by atoms with Gasteiger partial charge in [-0.25, -0.2) is 0 Å². The average Bonchev–Trinajstić information content (AvgIpc) is 2.56. The van der Waals surface area contributed by atoms with E-state index in [2.05, 4.69) is 13.8 Å². The number of carbonyl (C=O) groups excluding carboxylic acids is 1. The van der Waals surface area contributed by atoms with Gasteiger partial charge < -0.3 is 10.2 Å². The zero-order chi connectivity index (χ0) is 17.8. The van der Waals surface area contributed by atoms with Crippen molar-refractivity contribution >= 4 is 5.78 Å². The summed E-state index contributed by atoms with van der Waals surface area (Å²) in [6, 6.07) is 0. The Balaban J connectivity index is 1.69. The van der Waals surface area contributed by atoms with Gasteiger partial charge in [-0.2, -0.15) is 0 Å². The van der Waals surface area contributed by atoms with E-state index >= 15 is 0 Å². The van der Waals surface area contributed by atoms with Crippen LogP contribution in [0.4, 0.5) is 0 Å². The monoisotopic (exact) mass is 346 g/mol. The normalized spacial score (nSPS) is 51.6. The van der Waals surface area contributed by atoms with Gasteiger partial charge in [-0.05, 0) is 80.0 Å². The number of aliphatic hydroxyl groups is 2. The molecule has 0 bridgehead atoms. The van der Waals surface area contributed by atoms with Crippen LogP contribution in [0.5, 0.6) is 0 Å². The largest absolute Gasteiger partial charge is 0.393 e. The highest BCUT2D eigenvalue weighted by atomic mass is 16.3. The summed E-state index contributed by atoms with van der Waals surface area (Å²) < 4.78 is 0. The van der Waals surface area contributed by atoms with Crippen LogP contribution in [0.3, 0.4) is 0 Å². The molecule has 4 aliphatic rings. The van der Waals surface area contributed by atoms with Crippen LogP contribution in [-0.4, -0.2) is 28.7 Å². The molecule has 0 spiro atoms. The highest BCUT2D eigenvalue weighted by Gasteiger charge is 2.61. The summed E-state index contributed by atoms with van der Waals surface area (Å²) in [4.78, 5) is 13.4. The van der Waals surface area contributed by atoms with Crippen LogP contribution in [0.1, 0.15) is 71.6 Å². The van der Waals surface area contributed by atoms with Gasteiger partial charge in [-0.15, -0.1) is 0 Å². The molecule has 3 nitrogen and oxygen atoms in total. The Morgan fingerprint density at radius 2 is 2.00 bits per heavy atom. The second kappa shape index (κ2) is 6.20. The average molecular weight is 347 g/mol. The Morgan fingerprint density at radius 1 is 1.20 bits per heavy atom. The zero-order valence-electron chi connectivity index (χ0n) is 15.8. The fourth-order valence-corrected chi connectivity index (χ4v) is 7.55. The molecular formula is C22H34O3. The summed E-state index contributed by atoms with van der Waals surface area (Å²) in [7, 11) is 0. The molecule has 4 fully saturated rings. The molecule has 4 aliphatic carbocycles. The highest BCUT2D eigenvalue weighted by Crippen LogP contribution is 2.65. The lowest BCUT2D eigenvalue weighted by molar-refractivity contribution is -0.161. The van der Waals surface area contributed by atoms with E-state index in [9.17, 15) is 15.0 Å². The molecule has 2 N–H and O–H groups in total. The summed E-state index contributed by atoms with van der Waals surface area (Å²) in [6.07, 6.45) is 11.1. The van der Waals surface area contributed by atoms with E-state index in [-0.39, 0.29) is 29.5 Å². The van der Waals surface area contributed by atoms with Crippen LogP contribution in [0.2, 0.25) is 0 Å². The third kappa shape index (κ3) is 2.56. The molecule has 0 aliphatic heterocycles.